The van der Waals surface area contributed by atoms with Crippen LogP contribution in [0.3, 0.4) is 0 Å². The lowest BCUT2D eigenvalue weighted by Gasteiger charge is -2.49. The molecule has 2 N–H and O–H groups in total. The lowest BCUT2D eigenvalue weighted by molar-refractivity contribution is -0.126. The molecule has 0 fully saturated rings. The molecular weight excluding hydrogens is 425 g/mol. The Hall–Kier alpha value is -3.27. The molecule has 0 spiro atoms. The van der Waals surface area contributed by atoms with E-state index >= 15 is 0 Å². The van der Waals surface area contributed by atoms with Crippen molar-refractivity contribution in [1.29, 1.82) is 0 Å². The zero-order chi connectivity index (χ0) is 24.5. The number of carbonyl (C=O) groups excluding carboxylic acids is 2. The van der Waals surface area contributed by atoms with Gasteiger partial charge in [0.25, 0.3) is 0 Å². The van der Waals surface area contributed by atoms with Gasteiger partial charge in [0.05, 0.1) is 5.41 Å². The molecule has 4 heteroatoms. The SMILES string of the molecule is C=C(N)C1=C(C)C[C@@H]2CC3Cc4c(-c5ccc(F)cc5)ccc(C)c4C(=O)C3=C(C)[C@]2(C)C1=O. The van der Waals surface area contributed by atoms with Crippen molar-refractivity contribution in [1.82, 2.24) is 0 Å². The molecule has 5 rings (SSSR count). The molecule has 34 heavy (non-hydrogen) atoms. The molecule has 0 aliphatic heterocycles. The number of hydrogen-bond acceptors (Lipinski definition) is 3. The molecule has 0 radical (unpaired) electrons. The van der Waals surface area contributed by atoms with E-state index in [4.69, 9.17) is 5.73 Å². The van der Waals surface area contributed by atoms with Crippen molar-refractivity contribution in [3.8, 4) is 11.1 Å². The van der Waals surface area contributed by atoms with E-state index in [-0.39, 0.29) is 29.2 Å². The molecule has 0 aromatic heterocycles. The van der Waals surface area contributed by atoms with Crippen molar-refractivity contribution < 1.29 is 14.0 Å². The molecule has 0 heterocycles. The fourth-order valence-electron chi connectivity index (χ4n) is 6.69. The number of Topliss-reactive ketones (excluding diaryl/α,β-unsaturated/α-hetero) is 2. The van der Waals surface area contributed by atoms with Crippen molar-refractivity contribution in [2.45, 2.75) is 47.0 Å². The van der Waals surface area contributed by atoms with Crippen LogP contribution in [0.15, 0.2) is 71.0 Å². The summed E-state index contributed by atoms with van der Waals surface area (Å²) in [5.74, 6) is -0.0876. The predicted molar refractivity (Wildman–Crippen MR) is 133 cm³/mol. The highest BCUT2D eigenvalue weighted by Gasteiger charge is 2.54. The number of rotatable bonds is 2. The summed E-state index contributed by atoms with van der Waals surface area (Å²) in [4.78, 5) is 27.8. The number of halogens is 1. The molecule has 0 bridgehead atoms. The van der Waals surface area contributed by atoms with Gasteiger partial charge < -0.3 is 5.73 Å². The average molecular weight is 456 g/mol. The van der Waals surface area contributed by atoms with Gasteiger partial charge in [0, 0.05) is 22.4 Å². The fraction of sp³-hybridized carbons (Fsp3) is 0.333. The Bertz CT molecular complexity index is 1340. The molecule has 3 nitrogen and oxygen atoms in total. The third-order valence-electron chi connectivity index (χ3n) is 8.57. The minimum absolute atomic E-state index is 0.00687. The number of benzene rings is 2. The number of fused-ring (bicyclic) bond motifs is 3. The zero-order valence-corrected chi connectivity index (χ0v) is 20.2. The lowest BCUT2D eigenvalue weighted by atomic mass is 9.52. The van der Waals surface area contributed by atoms with E-state index in [0.29, 0.717) is 11.3 Å². The first-order valence-electron chi connectivity index (χ1n) is 11.9. The van der Waals surface area contributed by atoms with Crippen molar-refractivity contribution in [2.75, 3.05) is 0 Å². The Morgan fingerprint density at radius 3 is 2.38 bits per heavy atom. The number of carbonyl (C=O) groups is 2. The summed E-state index contributed by atoms with van der Waals surface area (Å²) in [5.41, 5.74) is 13.4. The molecule has 1 unspecified atom stereocenters. The summed E-state index contributed by atoms with van der Waals surface area (Å²) in [6, 6.07) is 10.5. The maximum absolute atomic E-state index is 14.0. The van der Waals surface area contributed by atoms with Crippen LogP contribution in [0, 0.1) is 30.0 Å². The number of aryl methyl sites for hydroxylation is 1. The topological polar surface area (TPSA) is 60.2 Å². The van der Waals surface area contributed by atoms with Crippen LogP contribution in [0.1, 0.15) is 55.1 Å². The first kappa shape index (κ1) is 22.5. The number of hydrogen-bond donors (Lipinski definition) is 1. The lowest BCUT2D eigenvalue weighted by Crippen LogP contribution is -2.48. The van der Waals surface area contributed by atoms with Crippen LogP contribution in [0.5, 0.6) is 0 Å². The summed E-state index contributed by atoms with van der Waals surface area (Å²) >= 11 is 0. The van der Waals surface area contributed by atoms with E-state index in [1.165, 1.54) is 12.1 Å². The molecule has 0 saturated carbocycles. The molecule has 2 aromatic rings. The van der Waals surface area contributed by atoms with E-state index in [1.807, 2.05) is 39.8 Å². The van der Waals surface area contributed by atoms with E-state index in [2.05, 4.69) is 6.58 Å². The number of nitrogens with two attached hydrogens (primary N) is 1. The highest BCUT2D eigenvalue weighted by molar-refractivity contribution is 6.15. The van der Waals surface area contributed by atoms with Crippen LogP contribution >= 0.6 is 0 Å². The summed E-state index contributed by atoms with van der Waals surface area (Å²) < 4.78 is 13.6. The van der Waals surface area contributed by atoms with E-state index in [1.54, 1.807) is 12.1 Å². The van der Waals surface area contributed by atoms with Crippen molar-refractivity contribution in [3.63, 3.8) is 0 Å². The first-order valence-corrected chi connectivity index (χ1v) is 11.9. The van der Waals surface area contributed by atoms with Crippen LogP contribution in [-0.2, 0) is 11.2 Å². The Morgan fingerprint density at radius 1 is 1.06 bits per heavy atom. The van der Waals surface area contributed by atoms with Gasteiger partial charge in [0.1, 0.15) is 5.82 Å². The summed E-state index contributed by atoms with van der Waals surface area (Å²) in [5, 5.41) is 0. The standard InChI is InChI=1S/C30H30FNO2/c1-15-6-11-23(19-7-9-22(31)10-8-19)24-14-20-13-21-12-16(2)25(18(4)32)29(34)30(21,5)17(3)27(20)28(33)26(15)24/h6-11,20-21H,4,12-14,32H2,1-3,5H3/t20?,21-,30+/m1/s1. The highest BCUT2D eigenvalue weighted by atomic mass is 19.1. The van der Waals surface area contributed by atoms with Gasteiger partial charge in [-0.2, -0.15) is 0 Å². The average Bonchev–Trinajstić information content (AvgIpc) is 2.77. The van der Waals surface area contributed by atoms with Gasteiger partial charge >= 0.3 is 0 Å². The van der Waals surface area contributed by atoms with Gasteiger partial charge in [-0.15, -0.1) is 0 Å². The second kappa shape index (κ2) is 7.63. The third kappa shape index (κ3) is 3.01. The Balaban J connectivity index is 1.68. The summed E-state index contributed by atoms with van der Waals surface area (Å²) in [6.07, 6.45) is 2.29. The van der Waals surface area contributed by atoms with Crippen molar-refractivity contribution in [3.05, 3.63) is 93.5 Å². The van der Waals surface area contributed by atoms with E-state index in [9.17, 15) is 14.0 Å². The van der Waals surface area contributed by atoms with Gasteiger partial charge in [-0.1, -0.05) is 42.0 Å². The maximum atomic E-state index is 14.0. The quantitative estimate of drug-likeness (QED) is 0.581. The van der Waals surface area contributed by atoms with Crippen LogP contribution in [0.25, 0.3) is 11.1 Å². The van der Waals surface area contributed by atoms with Crippen LogP contribution < -0.4 is 5.73 Å². The van der Waals surface area contributed by atoms with Crippen molar-refractivity contribution in [2.24, 2.45) is 23.0 Å². The normalized spacial score (nSPS) is 26.3. The van der Waals surface area contributed by atoms with Gasteiger partial charge in [0.2, 0.25) is 0 Å². The second-order valence-corrected chi connectivity index (χ2v) is 10.4. The molecule has 2 aromatic carbocycles. The van der Waals surface area contributed by atoms with Crippen LogP contribution in [0.4, 0.5) is 4.39 Å². The predicted octanol–water partition coefficient (Wildman–Crippen LogP) is 6.26. The van der Waals surface area contributed by atoms with Gasteiger partial charge in [0.15, 0.2) is 11.6 Å². The smallest absolute Gasteiger partial charge is 0.189 e. The van der Waals surface area contributed by atoms with Gasteiger partial charge in [-0.3, -0.25) is 9.59 Å². The zero-order valence-electron chi connectivity index (χ0n) is 20.2. The molecule has 3 aliphatic carbocycles. The number of ketones is 2. The maximum Gasteiger partial charge on any atom is 0.189 e. The Labute approximate surface area is 200 Å². The fourth-order valence-corrected chi connectivity index (χ4v) is 6.69. The van der Waals surface area contributed by atoms with E-state index < -0.39 is 5.41 Å². The molecular formula is C30H30FNO2. The van der Waals surface area contributed by atoms with Crippen LogP contribution in [-0.4, -0.2) is 11.6 Å². The highest BCUT2D eigenvalue weighted by Crippen LogP contribution is 2.56. The molecule has 3 atom stereocenters. The minimum Gasteiger partial charge on any atom is -0.399 e. The Kier molecular flexibility index (Phi) is 5.05. The Morgan fingerprint density at radius 2 is 1.74 bits per heavy atom. The first-order chi connectivity index (χ1) is 16.1. The van der Waals surface area contributed by atoms with Crippen LogP contribution in [0.2, 0.25) is 0 Å². The molecule has 0 amide bonds. The molecule has 0 saturated heterocycles. The van der Waals surface area contributed by atoms with Crippen molar-refractivity contribution >= 4 is 11.6 Å². The third-order valence-corrected chi connectivity index (χ3v) is 8.57. The minimum atomic E-state index is -0.751. The largest absolute Gasteiger partial charge is 0.399 e. The molecule has 174 valence electrons. The molecule has 3 aliphatic rings. The van der Waals surface area contributed by atoms with Gasteiger partial charge in [-0.05, 0) is 93.2 Å². The summed E-state index contributed by atoms with van der Waals surface area (Å²) in [6.45, 7) is 11.7. The number of allylic oxidation sites excluding steroid dienone is 4. The summed E-state index contributed by atoms with van der Waals surface area (Å²) in [7, 11) is 0. The monoisotopic (exact) mass is 455 g/mol. The van der Waals surface area contributed by atoms with E-state index in [0.717, 1.165) is 63.8 Å². The second-order valence-electron chi connectivity index (χ2n) is 10.4. The van der Waals surface area contributed by atoms with Gasteiger partial charge in [-0.25, -0.2) is 4.39 Å².